The molecular weight excluding hydrogens is 302 g/mol. The molecule has 1 aromatic rings. The van der Waals surface area contributed by atoms with Gasteiger partial charge in [-0.2, -0.15) is 0 Å². The van der Waals surface area contributed by atoms with Gasteiger partial charge in [0.05, 0.1) is 0 Å². The summed E-state index contributed by atoms with van der Waals surface area (Å²) in [5.74, 6) is -0.674. The predicted octanol–water partition coefficient (Wildman–Crippen LogP) is 3.81. The fourth-order valence-electron chi connectivity index (χ4n) is 3.44. The van der Waals surface area contributed by atoms with Gasteiger partial charge >= 0.3 is 5.97 Å². The smallest absolute Gasteiger partial charge is 0.347 e. The van der Waals surface area contributed by atoms with Crippen molar-refractivity contribution < 1.29 is 14.6 Å². The summed E-state index contributed by atoms with van der Waals surface area (Å²) in [6, 6.07) is 9.20. The standard InChI is InChI=1S/C20H29NO3/c1-3-21(4-2)15-16-24-19(22)20(23,17-11-7-5-8-12-17)18-13-9-6-10-14-18/h5,7-8,11-12,15-16,18,23H,3-4,6,9-10,13-14H2,1-2H3/b16-15+. The maximum atomic E-state index is 12.8. The van der Waals surface area contributed by atoms with E-state index >= 15 is 0 Å². The van der Waals surface area contributed by atoms with E-state index in [4.69, 9.17) is 4.74 Å². The molecule has 2 rings (SSSR count). The van der Waals surface area contributed by atoms with E-state index in [-0.39, 0.29) is 5.92 Å². The van der Waals surface area contributed by atoms with Crippen LogP contribution in [0.2, 0.25) is 0 Å². The van der Waals surface area contributed by atoms with Gasteiger partial charge in [0.2, 0.25) is 0 Å². The normalized spacial score (nSPS) is 18.3. The van der Waals surface area contributed by atoms with Gasteiger partial charge in [0.15, 0.2) is 5.60 Å². The van der Waals surface area contributed by atoms with E-state index in [9.17, 15) is 9.90 Å². The Hall–Kier alpha value is -1.81. The lowest BCUT2D eigenvalue weighted by Gasteiger charge is -2.36. The summed E-state index contributed by atoms with van der Waals surface area (Å²) in [4.78, 5) is 14.8. The van der Waals surface area contributed by atoms with Crippen LogP contribution < -0.4 is 0 Å². The molecule has 0 radical (unpaired) electrons. The highest BCUT2D eigenvalue weighted by Gasteiger charge is 2.46. The predicted molar refractivity (Wildman–Crippen MR) is 95.1 cm³/mol. The molecule has 132 valence electrons. The molecule has 0 spiro atoms. The van der Waals surface area contributed by atoms with Crippen molar-refractivity contribution in [2.24, 2.45) is 5.92 Å². The largest absolute Gasteiger partial charge is 0.431 e. The molecule has 1 saturated carbocycles. The molecule has 4 heteroatoms. The third-order valence-electron chi connectivity index (χ3n) is 4.98. The third kappa shape index (κ3) is 4.18. The van der Waals surface area contributed by atoms with Crippen molar-refractivity contribution in [1.29, 1.82) is 0 Å². The zero-order chi connectivity index (χ0) is 17.4. The highest BCUT2D eigenvalue weighted by molar-refractivity contribution is 5.82. The summed E-state index contributed by atoms with van der Waals surface area (Å²) in [5, 5.41) is 11.3. The first kappa shape index (κ1) is 18.5. The Balaban J connectivity index is 2.20. The Labute approximate surface area is 145 Å². The van der Waals surface area contributed by atoms with Crippen LogP contribution >= 0.6 is 0 Å². The minimum atomic E-state index is -1.57. The van der Waals surface area contributed by atoms with Gasteiger partial charge in [-0.15, -0.1) is 0 Å². The molecule has 1 atom stereocenters. The Morgan fingerprint density at radius 3 is 2.42 bits per heavy atom. The molecule has 0 amide bonds. The van der Waals surface area contributed by atoms with Gasteiger partial charge in [-0.25, -0.2) is 4.79 Å². The summed E-state index contributed by atoms with van der Waals surface area (Å²) < 4.78 is 5.34. The maximum Gasteiger partial charge on any atom is 0.347 e. The van der Waals surface area contributed by atoms with E-state index in [0.717, 1.165) is 45.2 Å². The highest BCUT2D eigenvalue weighted by Crippen LogP contribution is 2.40. The summed E-state index contributed by atoms with van der Waals surface area (Å²) in [6.07, 6.45) is 8.10. The average Bonchev–Trinajstić information content (AvgIpc) is 2.65. The summed E-state index contributed by atoms with van der Waals surface area (Å²) in [7, 11) is 0. The number of benzene rings is 1. The number of nitrogens with zero attached hydrogens (tertiary/aromatic N) is 1. The monoisotopic (exact) mass is 331 g/mol. The van der Waals surface area contributed by atoms with Crippen LogP contribution in [0.5, 0.6) is 0 Å². The van der Waals surface area contributed by atoms with E-state index < -0.39 is 11.6 Å². The van der Waals surface area contributed by atoms with E-state index in [2.05, 4.69) is 0 Å². The van der Waals surface area contributed by atoms with Crippen molar-refractivity contribution in [2.75, 3.05) is 13.1 Å². The summed E-state index contributed by atoms with van der Waals surface area (Å²) in [6.45, 7) is 5.77. The second-order valence-electron chi connectivity index (χ2n) is 6.38. The molecule has 0 aliphatic heterocycles. The zero-order valence-corrected chi connectivity index (χ0v) is 14.8. The number of ether oxygens (including phenoxy) is 1. The molecule has 1 unspecified atom stereocenters. The van der Waals surface area contributed by atoms with Crippen LogP contribution in [0.25, 0.3) is 0 Å². The summed E-state index contributed by atoms with van der Waals surface area (Å²) in [5.41, 5.74) is -0.951. The zero-order valence-electron chi connectivity index (χ0n) is 14.8. The van der Waals surface area contributed by atoms with Crippen LogP contribution in [-0.4, -0.2) is 29.1 Å². The van der Waals surface area contributed by atoms with Crippen molar-refractivity contribution in [2.45, 2.75) is 51.6 Å². The average molecular weight is 331 g/mol. The number of esters is 1. The van der Waals surface area contributed by atoms with Crippen LogP contribution in [0.15, 0.2) is 42.8 Å². The molecule has 1 N–H and O–H groups in total. The number of hydrogen-bond donors (Lipinski definition) is 1. The molecule has 0 aromatic heterocycles. The highest BCUT2D eigenvalue weighted by atomic mass is 16.5. The SMILES string of the molecule is CCN(/C=C/OC(=O)C(O)(c1ccccc1)C1CCCCC1)CC. The minimum Gasteiger partial charge on any atom is -0.431 e. The third-order valence-corrected chi connectivity index (χ3v) is 4.98. The van der Waals surface area contributed by atoms with Crippen molar-refractivity contribution in [1.82, 2.24) is 4.90 Å². The first-order valence-corrected chi connectivity index (χ1v) is 9.02. The number of carbonyl (C=O) groups is 1. The quantitative estimate of drug-likeness (QED) is 0.610. The van der Waals surface area contributed by atoms with Gasteiger partial charge in [-0.3, -0.25) is 0 Å². The van der Waals surface area contributed by atoms with Gasteiger partial charge in [-0.1, -0.05) is 49.6 Å². The van der Waals surface area contributed by atoms with Crippen molar-refractivity contribution >= 4 is 5.97 Å². The van der Waals surface area contributed by atoms with Crippen molar-refractivity contribution in [3.63, 3.8) is 0 Å². The number of carbonyl (C=O) groups excluding carboxylic acids is 1. The molecule has 1 aliphatic carbocycles. The Morgan fingerprint density at radius 1 is 1.21 bits per heavy atom. The van der Waals surface area contributed by atoms with Crippen LogP contribution in [0, 0.1) is 5.92 Å². The molecule has 0 saturated heterocycles. The maximum absolute atomic E-state index is 12.8. The molecule has 1 aromatic carbocycles. The Morgan fingerprint density at radius 2 is 1.83 bits per heavy atom. The van der Waals surface area contributed by atoms with Crippen molar-refractivity contribution in [3.8, 4) is 0 Å². The Kier molecular flexibility index (Phi) is 6.85. The van der Waals surface area contributed by atoms with E-state index in [1.807, 2.05) is 49.1 Å². The first-order chi connectivity index (χ1) is 11.6. The fourth-order valence-corrected chi connectivity index (χ4v) is 3.44. The van der Waals surface area contributed by atoms with Crippen LogP contribution in [-0.2, 0) is 15.1 Å². The topological polar surface area (TPSA) is 49.8 Å². The van der Waals surface area contributed by atoms with Crippen LogP contribution in [0.4, 0.5) is 0 Å². The number of rotatable bonds is 7. The lowest BCUT2D eigenvalue weighted by Crippen LogP contribution is -2.44. The molecule has 24 heavy (non-hydrogen) atoms. The lowest BCUT2D eigenvalue weighted by molar-refractivity contribution is -0.169. The molecule has 0 heterocycles. The molecule has 1 fully saturated rings. The lowest BCUT2D eigenvalue weighted by atomic mass is 9.73. The summed E-state index contributed by atoms with van der Waals surface area (Å²) >= 11 is 0. The van der Waals surface area contributed by atoms with E-state index in [1.54, 1.807) is 6.20 Å². The second-order valence-corrected chi connectivity index (χ2v) is 6.38. The first-order valence-electron chi connectivity index (χ1n) is 9.02. The fraction of sp³-hybridized carbons (Fsp3) is 0.550. The minimum absolute atomic E-state index is 0.0944. The molecule has 4 nitrogen and oxygen atoms in total. The number of hydrogen-bond acceptors (Lipinski definition) is 4. The van der Waals surface area contributed by atoms with E-state index in [0.29, 0.717) is 5.56 Å². The Bertz CT molecular complexity index is 533. The van der Waals surface area contributed by atoms with Gasteiger partial charge in [0.25, 0.3) is 0 Å². The number of aliphatic hydroxyl groups is 1. The van der Waals surface area contributed by atoms with Gasteiger partial charge in [-0.05, 0) is 32.3 Å². The van der Waals surface area contributed by atoms with Crippen LogP contribution in [0.1, 0.15) is 51.5 Å². The van der Waals surface area contributed by atoms with Gasteiger partial charge in [0, 0.05) is 25.2 Å². The van der Waals surface area contributed by atoms with Crippen LogP contribution in [0.3, 0.4) is 0 Å². The molecular formula is C20H29NO3. The molecule has 1 aliphatic rings. The van der Waals surface area contributed by atoms with Crippen molar-refractivity contribution in [3.05, 3.63) is 48.4 Å². The second kappa shape index (κ2) is 8.88. The van der Waals surface area contributed by atoms with Gasteiger partial charge < -0.3 is 14.7 Å². The molecule has 0 bridgehead atoms. The van der Waals surface area contributed by atoms with Gasteiger partial charge in [0.1, 0.15) is 6.26 Å². The van der Waals surface area contributed by atoms with E-state index in [1.165, 1.54) is 6.26 Å².